The third-order valence-electron chi connectivity index (χ3n) is 4.85. The van der Waals surface area contributed by atoms with Crippen molar-refractivity contribution in [3.63, 3.8) is 0 Å². The molecule has 0 bridgehead atoms. The number of rotatable bonds is 5. The summed E-state index contributed by atoms with van der Waals surface area (Å²) in [5, 5.41) is 0. The highest BCUT2D eigenvalue weighted by Crippen LogP contribution is 2.32. The molecule has 3 heterocycles. The summed E-state index contributed by atoms with van der Waals surface area (Å²) in [4.78, 5) is 8.42. The molecule has 2 atom stereocenters. The molecule has 1 aromatic carbocycles. The zero-order valence-corrected chi connectivity index (χ0v) is 15.4. The lowest BCUT2D eigenvalue weighted by Gasteiger charge is -2.21. The van der Waals surface area contributed by atoms with Gasteiger partial charge in [-0.05, 0) is 35.7 Å². The van der Waals surface area contributed by atoms with Crippen molar-refractivity contribution in [1.29, 1.82) is 0 Å². The normalized spacial score (nSPS) is 19.4. The van der Waals surface area contributed by atoms with Crippen molar-refractivity contribution in [3.05, 3.63) is 71.8 Å². The van der Waals surface area contributed by atoms with Crippen LogP contribution in [0.2, 0.25) is 0 Å². The summed E-state index contributed by atoms with van der Waals surface area (Å²) in [6, 6.07) is 4.20. The number of hydrogen-bond donors (Lipinski definition) is 3. The van der Waals surface area contributed by atoms with Crippen LogP contribution in [0.5, 0.6) is 0 Å². The average molecular weight is 424 g/mol. The number of aryl methyl sites for hydroxylation is 2. The van der Waals surface area contributed by atoms with Crippen LogP contribution < -0.4 is 16.4 Å². The first-order chi connectivity index (χ1) is 14.3. The van der Waals surface area contributed by atoms with Crippen molar-refractivity contribution in [1.82, 2.24) is 30.9 Å². The van der Waals surface area contributed by atoms with Crippen LogP contribution in [0.4, 0.5) is 22.0 Å². The summed E-state index contributed by atoms with van der Waals surface area (Å²) >= 11 is 0. The molecular formula is C19H17F5N6. The number of halogens is 5. The molecule has 158 valence electrons. The molecule has 11 heteroatoms. The van der Waals surface area contributed by atoms with Crippen LogP contribution in [0.3, 0.4) is 0 Å². The molecule has 30 heavy (non-hydrogen) atoms. The van der Waals surface area contributed by atoms with Gasteiger partial charge in [-0.15, -0.1) is 0 Å². The van der Waals surface area contributed by atoms with Crippen LogP contribution in [-0.2, 0) is 13.0 Å². The van der Waals surface area contributed by atoms with E-state index in [1.165, 1.54) is 36.8 Å². The monoisotopic (exact) mass is 424 g/mol. The Labute approximate surface area is 168 Å². The first kappa shape index (κ1) is 20.4. The van der Waals surface area contributed by atoms with E-state index in [4.69, 9.17) is 0 Å². The Morgan fingerprint density at radius 3 is 2.67 bits per heavy atom. The summed E-state index contributed by atoms with van der Waals surface area (Å²) in [5.41, 5.74) is 8.53. The van der Waals surface area contributed by atoms with Crippen LogP contribution in [-0.4, -0.2) is 26.8 Å². The maximum absolute atomic E-state index is 13.8. The van der Waals surface area contributed by atoms with Crippen LogP contribution in [0.25, 0.3) is 11.4 Å². The van der Waals surface area contributed by atoms with Gasteiger partial charge in [0, 0.05) is 18.9 Å². The maximum Gasteiger partial charge on any atom is 0.407 e. The molecular weight excluding hydrogens is 407 g/mol. The van der Waals surface area contributed by atoms with Gasteiger partial charge in [0.1, 0.15) is 11.7 Å². The van der Waals surface area contributed by atoms with Crippen LogP contribution in [0.1, 0.15) is 17.2 Å². The van der Waals surface area contributed by atoms with Gasteiger partial charge in [-0.1, -0.05) is 12.1 Å². The lowest BCUT2D eigenvalue weighted by Crippen LogP contribution is -2.43. The van der Waals surface area contributed by atoms with E-state index in [-0.39, 0.29) is 12.0 Å². The number of hydrogen-bond acceptors (Lipinski definition) is 5. The zero-order valence-electron chi connectivity index (χ0n) is 15.4. The summed E-state index contributed by atoms with van der Waals surface area (Å²) < 4.78 is 68.3. The summed E-state index contributed by atoms with van der Waals surface area (Å²) in [7, 11) is 0. The van der Waals surface area contributed by atoms with E-state index in [0.29, 0.717) is 23.5 Å². The summed E-state index contributed by atoms with van der Waals surface area (Å²) in [6.07, 6.45) is 0.389. The molecule has 0 aliphatic carbocycles. The van der Waals surface area contributed by atoms with Crippen molar-refractivity contribution in [3.8, 4) is 11.4 Å². The third kappa shape index (κ3) is 4.18. The largest absolute Gasteiger partial charge is 0.407 e. The van der Waals surface area contributed by atoms with Gasteiger partial charge >= 0.3 is 6.18 Å². The minimum Gasteiger partial charge on any atom is -0.336 e. The molecule has 1 fully saturated rings. The Morgan fingerprint density at radius 2 is 1.87 bits per heavy atom. The molecule has 2 unspecified atom stereocenters. The predicted molar refractivity (Wildman–Crippen MR) is 97.5 cm³/mol. The van der Waals surface area contributed by atoms with E-state index in [1.807, 2.05) is 0 Å². The fourth-order valence-corrected chi connectivity index (χ4v) is 3.30. The Morgan fingerprint density at radius 1 is 1.03 bits per heavy atom. The second-order valence-corrected chi connectivity index (χ2v) is 6.84. The van der Waals surface area contributed by atoms with E-state index in [2.05, 4.69) is 26.4 Å². The van der Waals surface area contributed by atoms with Crippen LogP contribution in [0, 0.1) is 11.6 Å². The predicted octanol–water partition coefficient (Wildman–Crippen LogP) is 3.05. The molecule has 0 spiro atoms. The first-order valence-electron chi connectivity index (χ1n) is 9.06. The van der Waals surface area contributed by atoms with E-state index < -0.39 is 29.9 Å². The van der Waals surface area contributed by atoms with Gasteiger partial charge < -0.3 is 4.57 Å². The zero-order chi connectivity index (χ0) is 21.3. The highest BCUT2D eigenvalue weighted by atomic mass is 19.4. The summed E-state index contributed by atoms with van der Waals surface area (Å²) in [5.74, 6) is -1.78. The molecule has 2 aromatic heterocycles. The molecule has 1 saturated heterocycles. The number of nitrogens with one attached hydrogen (secondary N) is 3. The molecule has 0 radical (unpaired) electrons. The molecule has 1 aliphatic rings. The van der Waals surface area contributed by atoms with Crippen molar-refractivity contribution in [2.24, 2.45) is 0 Å². The van der Waals surface area contributed by atoms with Crippen LogP contribution >= 0.6 is 0 Å². The van der Waals surface area contributed by atoms with E-state index in [0.717, 1.165) is 6.07 Å². The van der Waals surface area contributed by atoms with Crippen molar-refractivity contribution in [2.45, 2.75) is 31.2 Å². The van der Waals surface area contributed by atoms with Crippen molar-refractivity contribution < 1.29 is 22.0 Å². The Hall–Kier alpha value is -2.89. The quantitative estimate of drug-likeness (QED) is 0.550. The SMILES string of the molecule is Fc1cccc(CCn2cnc(-c3cc(C4NNNC4C(F)(F)F)ccn3)c2)c1F. The molecule has 6 nitrogen and oxygen atoms in total. The number of benzene rings is 1. The lowest BCUT2D eigenvalue weighted by atomic mass is 10.0. The van der Waals surface area contributed by atoms with Gasteiger partial charge in [-0.3, -0.25) is 4.98 Å². The fraction of sp³-hybridized carbons (Fsp3) is 0.263. The van der Waals surface area contributed by atoms with Gasteiger partial charge in [0.25, 0.3) is 0 Å². The van der Waals surface area contributed by atoms with Crippen molar-refractivity contribution in [2.75, 3.05) is 0 Å². The first-order valence-corrected chi connectivity index (χ1v) is 9.06. The van der Waals surface area contributed by atoms with E-state index in [9.17, 15) is 22.0 Å². The summed E-state index contributed by atoms with van der Waals surface area (Å²) in [6.45, 7) is 0.348. The number of hydrazine groups is 2. The number of pyridine rings is 1. The number of imidazole rings is 1. The third-order valence-corrected chi connectivity index (χ3v) is 4.85. The molecule has 1 aliphatic heterocycles. The number of alkyl halides is 3. The van der Waals surface area contributed by atoms with Gasteiger partial charge in [0.2, 0.25) is 0 Å². The minimum absolute atomic E-state index is 0.246. The fourth-order valence-electron chi connectivity index (χ4n) is 3.30. The highest BCUT2D eigenvalue weighted by Gasteiger charge is 2.48. The Kier molecular flexibility index (Phi) is 5.50. The van der Waals surface area contributed by atoms with E-state index >= 15 is 0 Å². The van der Waals surface area contributed by atoms with Crippen molar-refractivity contribution >= 4 is 0 Å². The van der Waals surface area contributed by atoms with Gasteiger partial charge in [-0.25, -0.2) is 24.6 Å². The smallest absolute Gasteiger partial charge is 0.336 e. The second-order valence-electron chi connectivity index (χ2n) is 6.84. The van der Waals surface area contributed by atoms with E-state index in [1.54, 1.807) is 10.8 Å². The number of aromatic nitrogens is 3. The molecule has 3 aromatic rings. The number of nitrogens with zero attached hydrogens (tertiary/aromatic N) is 3. The highest BCUT2D eigenvalue weighted by molar-refractivity contribution is 5.54. The Balaban J connectivity index is 1.50. The van der Waals surface area contributed by atoms with Crippen LogP contribution in [0.15, 0.2) is 49.1 Å². The molecule has 3 N–H and O–H groups in total. The second kappa shape index (κ2) is 8.09. The standard InChI is InChI=1S/C19H17F5N6/c20-13-3-1-2-11(16(13)21)5-7-30-9-15(26-10-30)14-8-12(4-6-25-14)17-18(19(22,23)24)28-29-27-17/h1-4,6,8-10,17-18,27-29H,5,7H2. The molecule has 0 amide bonds. The van der Waals surface area contributed by atoms with Gasteiger partial charge in [-0.2, -0.15) is 18.7 Å². The van der Waals surface area contributed by atoms with Gasteiger partial charge in [0.05, 0.1) is 18.1 Å². The average Bonchev–Trinajstić information content (AvgIpc) is 3.39. The molecule has 0 saturated carbocycles. The lowest BCUT2D eigenvalue weighted by molar-refractivity contribution is -0.156. The Bertz CT molecular complexity index is 1030. The minimum atomic E-state index is -4.45. The topological polar surface area (TPSA) is 66.8 Å². The molecule has 4 rings (SSSR count). The maximum atomic E-state index is 13.8. The van der Waals surface area contributed by atoms with Gasteiger partial charge in [0.15, 0.2) is 11.6 Å².